The van der Waals surface area contributed by atoms with Crippen LogP contribution in [0.2, 0.25) is 0 Å². The van der Waals surface area contributed by atoms with Gasteiger partial charge in [0.05, 0.1) is 0 Å². The maximum atomic E-state index is 3.59. The Morgan fingerprint density at radius 2 is 1.80 bits per heavy atom. The quantitative estimate of drug-likeness (QED) is 0.773. The summed E-state index contributed by atoms with van der Waals surface area (Å²) in [5.41, 5.74) is 0.713. The lowest BCUT2D eigenvalue weighted by atomic mass is 9.92. The van der Waals surface area contributed by atoms with Crippen molar-refractivity contribution in [2.24, 2.45) is 5.41 Å². The molecule has 1 saturated heterocycles. The number of nitrogens with zero attached hydrogens (tertiary/aromatic N) is 1. The summed E-state index contributed by atoms with van der Waals surface area (Å²) < 4.78 is 0. The van der Waals surface area contributed by atoms with E-state index in [1.165, 1.54) is 25.9 Å². The van der Waals surface area contributed by atoms with E-state index < -0.39 is 0 Å². The lowest BCUT2D eigenvalue weighted by Crippen LogP contribution is -2.49. The van der Waals surface area contributed by atoms with Gasteiger partial charge in [-0.05, 0) is 32.2 Å². The summed E-state index contributed by atoms with van der Waals surface area (Å²) in [7, 11) is 0. The average Bonchev–Trinajstić information content (AvgIpc) is 2.19. The standard InChI is InChI=1S/C13H28N2/c1-6-7-8-15-11-12(2,3)9-14-10-13(15,4)5/h14H,6-11H2,1-5H3. The van der Waals surface area contributed by atoms with Crippen LogP contribution in [0.1, 0.15) is 47.5 Å². The topological polar surface area (TPSA) is 15.3 Å². The van der Waals surface area contributed by atoms with Crippen LogP contribution >= 0.6 is 0 Å². The fourth-order valence-corrected chi connectivity index (χ4v) is 2.34. The zero-order valence-electron chi connectivity index (χ0n) is 11.2. The van der Waals surface area contributed by atoms with Crippen molar-refractivity contribution < 1.29 is 0 Å². The first-order valence-electron chi connectivity index (χ1n) is 6.33. The highest BCUT2D eigenvalue weighted by Gasteiger charge is 2.34. The highest BCUT2D eigenvalue weighted by Crippen LogP contribution is 2.25. The summed E-state index contributed by atoms with van der Waals surface area (Å²) in [5.74, 6) is 0. The highest BCUT2D eigenvalue weighted by molar-refractivity contribution is 4.91. The molecule has 0 saturated carbocycles. The van der Waals surface area contributed by atoms with Crippen LogP contribution in [0.5, 0.6) is 0 Å². The lowest BCUT2D eigenvalue weighted by molar-refractivity contribution is 0.0986. The Bertz CT molecular complexity index is 197. The summed E-state index contributed by atoms with van der Waals surface area (Å²) in [4.78, 5) is 2.66. The van der Waals surface area contributed by atoms with Crippen LogP contribution in [-0.4, -0.2) is 36.6 Å². The maximum absolute atomic E-state index is 3.59. The van der Waals surface area contributed by atoms with Gasteiger partial charge in [0.2, 0.25) is 0 Å². The second-order valence-electron chi connectivity index (χ2n) is 6.36. The van der Waals surface area contributed by atoms with Gasteiger partial charge in [0.25, 0.3) is 0 Å². The molecule has 15 heavy (non-hydrogen) atoms. The van der Waals surface area contributed by atoms with Gasteiger partial charge in [0.1, 0.15) is 0 Å². The molecule has 1 aliphatic rings. The number of unbranched alkanes of at least 4 members (excludes halogenated alkanes) is 1. The van der Waals surface area contributed by atoms with E-state index in [2.05, 4.69) is 44.8 Å². The van der Waals surface area contributed by atoms with Gasteiger partial charge < -0.3 is 5.32 Å². The fourth-order valence-electron chi connectivity index (χ4n) is 2.34. The minimum absolute atomic E-state index is 0.308. The zero-order chi connectivity index (χ0) is 11.5. The van der Waals surface area contributed by atoms with Crippen LogP contribution in [0.4, 0.5) is 0 Å². The van der Waals surface area contributed by atoms with Gasteiger partial charge in [-0.25, -0.2) is 0 Å². The largest absolute Gasteiger partial charge is 0.314 e. The molecule has 0 radical (unpaired) electrons. The predicted octanol–water partition coefficient (Wildman–Crippen LogP) is 2.50. The van der Waals surface area contributed by atoms with Crippen molar-refractivity contribution in [1.29, 1.82) is 0 Å². The van der Waals surface area contributed by atoms with Crippen LogP contribution < -0.4 is 5.32 Å². The highest BCUT2D eigenvalue weighted by atomic mass is 15.2. The molecule has 1 aliphatic heterocycles. The molecule has 0 aromatic heterocycles. The van der Waals surface area contributed by atoms with E-state index in [9.17, 15) is 0 Å². The van der Waals surface area contributed by atoms with Gasteiger partial charge in [-0.1, -0.05) is 27.2 Å². The smallest absolute Gasteiger partial charge is 0.0277 e. The Morgan fingerprint density at radius 1 is 1.13 bits per heavy atom. The third-order valence-electron chi connectivity index (χ3n) is 3.42. The molecule has 2 nitrogen and oxygen atoms in total. The van der Waals surface area contributed by atoms with Crippen molar-refractivity contribution in [3.8, 4) is 0 Å². The summed E-state index contributed by atoms with van der Waals surface area (Å²) in [6.45, 7) is 16.4. The first-order valence-corrected chi connectivity index (χ1v) is 6.33. The Kier molecular flexibility index (Phi) is 4.19. The van der Waals surface area contributed by atoms with E-state index in [1.807, 2.05) is 0 Å². The van der Waals surface area contributed by atoms with Crippen molar-refractivity contribution >= 4 is 0 Å². The molecule has 0 aromatic carbocycles. The van der Waals surface area contributed by atoms with Gasteiger partial charge in [-0.2, -0.15) is 0 Å². The van der Waals surface area contributed by atoms with Crippen LogP contribution in [-0.2, 0) is 0 Å². The van der Waals surface area contributed by atoms with Gasteiger partial charge in [-0.15, -0.1) is 0 Å². The van der Waals surface area contributed by atoms with Crippen molar-refractivity contribution in [2.75, 3.05) is 26.2 Å². The summed E-state index contributed by atoms with van der Waals surface area (Å²) in [6, 6.07) is 0. The molecular formula is C13H28N2. The number of rotatable bonds is 3. The van der Waals surface area contributed by atoms with E-state index in [4.69, 9.17) is 0 Å². The Labute approximate surface area is 95.4 Å². The van der Waals surface area contributed by atoms with E-state index in [-0.39, 0.29) is 0 Å². The third kappa shape index (κ3) is 3.76. The zero-order valence-corrected chi connectivity index (χ0v) is 11.2. The first-order chi connectivity index (χ1) is 6.87. The van der Waals surface area contributed by atoms with Gasteiger partial charge in [0.15, 0.2) is 0 Å². The Morgan fingerprint density at radius 3 is 2.40 bits per heavy atom. The Balaban J connectivity index is 2.67. The van der Waals surface area contributed by atoms with E-state index >= 15 is 0 Å². The van der Waals surface area contributed by atoms with Crippen molar-refractivity contribution in [1.82, 2.24) is 10.2 Å². The first kappa shape index (κ1) is 13.0. The molecule has 1 N–H and O–H groups in total. The second kappa shape index (κ2) is 4.84. The molecule has 0 spiro atoms. The van der Waals surface area contributed by atoms with Crippen molar-refractivity contribution in [3.63, 3.8) is 0 Å². The molecule has 0 bridgehead atoms. The SMILES string of the molecule is CCCCN1CC(C)(C)CNCC1(C)C. The Hall–Kier alpha value is -0.0800. The fraction of sp³-hybridized carbons (Fsp3) is 1.00. The van der Waals surface area contributed by atoms with E-state index in [0.717, 1.165) is 13.1 Å². The average molecular weight is 212 g/mol. The molecule has 0 unspecified atom stereocenters. The molecule has 0 atom stereocenters. The summed E-state index contributed by atoms with van der Waals surface area (Å²) in [5, 5.41) is 3.59. The number of hydrogen-bond acceptors (Lipinski definition) is 2. The summed E-state index contributed by atoms with van der Waals surface area (Å²) in [6.07, 6.45) is 2.61. The lowest BCUT2D eigenvalue weighted by Gasteiger charge is -2.39. The van der Waals surface area contributed by atoms with Gasteiger partial charge in [0, 0.05) is 25.2 Å². The number of hydrogen-bond donors (Lipinski definition) is 1. The molecule has 1 fully saturated rings. The van der Waals surface area contributed by atoms with Gasteiger partial charge in [-0.3, -0.25) is 4.90 Å². The van der Waals surface area contributed by atoms with E-state index in [0.29, 0.717) is 11.0 Å². The third-order valence-corrected chi connectivity index (χ3v) is 3.42. The van der Waals surface area contributed by atoms with Crippen molar-refractivity contribution in [2.45, 2.75) is 53.0 Å². The van der Waals surface area contributed by atoms with Crippen LogP contribution in [0.25, 0.3) is 0 Å². The minimum Gasteiger partial charge on any atom is -0.314 e. The maximum Gasteiger partial charge on any atom is 0.0277 e. The second-order valence-corrected chi connectivity index (χ2v) is 6.36. The molecule has 1 rings (SSSR count). The normalized spacial score (nSPS) is 26.2. The summed E-state index contributed by atoms with van der Waals surface area (Å²) >= 11 is 0. The molecule has 0 aromatic rings. The van der Waals surface area contributed by atoms with Gasteiger partial charge >= 0.3 is 0 Å². The monoisotopic (exact) mass is 212 g/mol. The minimum atomic E-state index is 0.308. The molecule has 1 heterocycles. The van der Waals surface area contributed by atoms with Crippen molar-refractivity contribution in [3.05, 3.63) is 0 Å². The molecule has 0 amide bonds. The molecule has 2 heteroatoms. The number of nitrogens with one attached hydrogen (secondary N) is 1. The molecule has 0 aliphatic carbocycles. The molecular weight excluding hydrogens is 184 g/mol. The predicted molar refractivity (Wildman–Crippen MR) is 67.2 cm³/mol. The van der Waals surface area contributed by atoms with Crippen LogP contribution in [0.3, 0.4) is 0 Å². The van der Waals surface area contributed by atoms with E-state index in [1.54, 1.807) is 0 Å². The molecule has 90 valence electrons. The van der Waals surface area contributed by atoms with Crippen LogP contribution in [0, 0.1) is 5.41 Å². The van der Waals surface area contributed by atoms with Crippen LogP contribution in [0.15, 0.2) is 0 Å².